The molecule has 0 spiro atoms. The second kappa shape index (κ2) is 24.8. The molecule has 1 atom stereocenters. The average Bonchev–Trinajstić information content (AvgIpc) is 2.83. The van der Waals surface area contributed by atoms with Crippen LogP contribution in [0.5, 0.6) is 0 Å². The fraction of sp³-hybridized carbons (Fsp3) is 1.00. The number of sulfonamides is 1. The van der Waals surface area contributed by atoms with Gasteiger partial charge in [-0.2, -0.15) is 0 Å². The molecule has 0 amide bonds. The molecule has 0 fully saturated rings. The van der Waals surface area contributed by atoms with Gasteiger partial charge in [0.1, 0.15) is 6.17 Å². The number of hydrogen-bond acceptors (Lipinski definition) is 2. The van der Waals surface area contributed by atoms with E-state index in [4.69, 9.17) is 0 Å². The Kier molecular flexibility index (Phi) is 24.7. The van der Waals surface area contributed by atoms with Gasteiger partial charge in [0.25, 0.3) is 0 Å². The number of quaternary nitrogens is 1. The minimum absolute atomic E-state index is 0.211. The van der Waals surface area contributed by atoms with Gasteiger partial charge in [0, 0.05) is 13.0 Å². The molecule has 6 heteroatoms. The van der Waals surface area contributed by atoms with Crippen LogP contribution in [0.2, 0.25) is 0 Å². The van der Waals surface area contributed by atoms with Crippen molar-refractivity contribution in [2.24, 2.45) is 0 Å². The first-order chi connectivity index (χ1) is 17.7. The number of nitrogens with zero attached hydrogens (tertiary/aromatic N) is 1. The summed E-state index contributed by atoms with van der Waals surface area (Å²) in [7, 11) is 3.18. The van der Waals surface area contributed by atoms with Crippen molar-refractivity contribution in [2.45, 2.75) is 161 Å². The van der Waals surface area contributed by atoms with E-state index in [0.29, 0.717) is 19.4 Å². The standard InChI is InChI=1S/C31H66FN2O2S/c1-5-6-7-8-9-10-11-12-13-14-15-16-17-19-22-26-31(32)27-23-20-18-21-24-30-37(35,36)33-28-25-29-34(2,3)4/h31,33H,5-30H2,1-4H3/q+1. The summed E-state index contributed by atoms with van der Waals surface area (Å²) >= 11 is 0. The first-order valence-electron chi connectivity index (χ1n) is 16.1. The minimum Gasteiger partial charge on any atom is -0.331 e. The average molecular weight is 550 g/mol. The number of unbranched alkanes of at least 4 members (excludes halogenated alkanes) is 18. The Morgan fingerprint density at radius 2 is 0.973 bits per heavy atom. The van der Waals surface area contributed by atoms with E-state index < -0.39 is 16.2 Å². The second-order valence-electron chi connectivity index (χ2n) is 12.5. The van der Waals surface area contributed by atoms with Crippen LogP contribution in [-0.4, -0.2) is 59.1 Å². The Hall–Kier alpha value is -0.200. The Morgan fingerprint density at radius 1 is 0.595 bits per heavy atom. The molecule has 0 aliphatic heterocycles. The number of nitrogens with one attached hydrogen (secondary N) is 1. The zero-order valence-corrected chi connectivity index (χ0v) is 26.3. The van der Waals surface area contributed by atoms with Gasteiger partial charge in [-0.3, -0.25) is 0 Å². The van der Waals surface area contributed by atoms with Crippen LogP contribution in [0.1, 0.15) is 155 Å². The summed E-state index contributed by atoms with van der Waals surface area (Å²) in [5.74, 6) is 0.211. The fourth-order valence-corrected chi connectivity index (χ4v) is 6.11. The second-order valence-corrected chi connectivity index (χ2v) is 14.4. The van der Waals surface area contributed by atoms with E-state index >= 15 is 0 Å². The summed E-state index contributed by atoms with van der Waals surface area (Å²) in [5, 5.41) is 0. The predicted octanol–water partition coefficient (Wildman–Crippen LogP) is 8.94. The van der Waals surface area contributed by atoms with E-state index in [2.05, 4.69) is 32.8 Å². The molecule has 1 unspecified atom stereocenters. The molecular weight excluding hydrogens is 483 g/mol. The zero-order valence-electron chi connectivity index (χ0n) is 25.5. The predicted molar refractivity (Wildman–Crippen MR) is 161 cm³/mol. The third kappa shape index (κ3) is 30.2. The number of rotatable bonds is 29. The van der Waals surface area contributed by atoms with Crippen LogP contribution in [0.4, 0.5) is 4.39 Å². The lowest BCUT2D eigenvalue weighted by atomic mass is 10.0. The SMILES string of the molecule is CCCCCCCCCCCCCCCCCC(F)CCCCCCCS(=O)(=O)NCCC[N+](C)(C)C. The van der Waals surface area contributed by atoms with Crippen LogP contribution in [0.3, 0.4) is 0 Å². The smallest absolute Gasteiger partial charge is 0.211 e. The van der Waals surface area contributed by atoms with Crippen molar-refractivity contribution in [3.05, 3.63) is 0 Å². The van der Waals surface area contributed by atoms with Gasteiger partial charge in [-0.1, -0.05) is 129 Å². The highest BCUT2D eigenvalue weighted by Gasteiger charge is 2.11. The van der Waals surface area contributed by atoms with Gasteiger partial charge in [0.05, 0.1) is 33.4 Å². The molecule has 0 aliphatic carbocycles. The van der Waals surface area contributed by atoms with Crippen molar-refractivity contribution in [2.75, 3.05) is 40.0 Å². The normalized spacial score (nSPS) is 13.3. The van der Waals surface area contributed by atoms with Crippen molar-refractivity contribution in [1.29, 1.82) is 0 Å². The third-order valence-corrected chi connectivity index (χ3v) is 8.85. The Balaban J connectivity index is 3.37. The Labute approximate surface area is 232 Å². The summed E-state index contributed by atoms with van der Waals surface area (Å²) in [5.41, 5.74) is 0. The number of halogens is 1. The first kappa shape index (κ1) is 36.8. The summed E-state index contributed by atoms with van der Waals surface area (Å²) in [4.78, 5) is 0. The maximum Gasteiger partial charge on any atom is 0.211 e. The summed E-state index contributed by atoms with van der Waals surface area (Å²) in [6, 6.07) is 0. The van der Waals surface area contributed by atoms with Gasteiger partial charge in [-0.25, -0.2) is 17.5 Å². The summed E-state index contributed by atoms with van der Waals surface area (Å²) in [6.45, 7) is 3.76. The molecule has 0 aromatic carbocycles. The van der Waals surface area contributed by atoms with Gasteiger partial charge >= 0.3 is 0 Å². The summed E-state index contributed by atoms with van der Waals surface area (Å²) in [6.07, 6.45) is 26.3. The van der Waals surface area contributed by atoms with Crippen LogP contribution < -0.4 is 4.72 Å². The molecule has 0 saturated heterocycles. The van der Waals surface area contributed by atoms with E-state index in [-0.39, 0.29) is 5.75 Å². The van der Waals surface area contributed by atoms with E-state index in [1.165, 1.54) is 89.9 Å². The Bertz CT molecular complexity index is 578. The molecule has 0 aliphatic rings. The molecule has 1 N–H and O–H groups in total. The highest BCUT2D eigenvalue weighted by Crippen LogP contribution is 2.17. The molecule has 0 bridgehead atoms. The fourth-order valence-electron chi connectivity index (χ4n) is 4.92. The van der Waals surface area contributed by atoms with Crippen molar-refractivity contribution in [3.63, 3.8) is 0 Å². The first-order valence-corrected chi connectivity index (χ1v) is 17.7. The number of hydrogen-bond donors (Lipinski definition) is 1. The van der Waals surface area contributed by atoms with Crippen molar-refractivity contribution < 1.29 is 17.3 Å². The molecule has 37 heavy (non-hydrogen) atoms. The van der Waals surface area contributed by atoms with Crippen molar-refractivity contribution >= 4 is 10.0 Å². The topological polar surface area (TPSA) is 46.2 Å². The van der Waals surface area contributed by atoms with Crippen LogP contribution >= 0.6 is 0 Å². The minimum atomic E-state index is -3.15. The van der Waals surface area contributed by atoms with Crippen molar-refractivity contribution in [3.8, 4) is 0 Å². The van der Waals surface area contributed by atoms with Crippen LogP contribution in [0, 0.1) is 0 Å². The van der Waals surface area contributed by atoms with Crippen molar-refractivity contribution in [1.82, 2.24) is 4.72 Å². The maximum atomic E-state index is 14.1. The van der Waals surface area contributed by atoms with Gasteiger partial charge in [-0.15, -0.1) is 0 Å². The highest BCUT2D eigenvalue weighted by molar-refractivity contribution is 7.89. The highest BCUT2D eigenvalue weighted by atomic mass is 32.2. The molecule has 0 aromatic heterocycles. The molecule has 0 rings (SSSR count). The molecule has 224 valence electrons. The molecular formula is C31H66FN2O2S+. The van der Waals surface area contributed by atoms with Crippen LogP contribution in [0.25, 0.3) is 0 Å². The van der Waals surface area contributed by atoms with Gasteiger partial charge in [0.15, 0.2) is 0 Å². The molecule has 0 aromatic rings. The van der Waals surface area contributed by atoms with Crippen LogP contribution in [-0.2, 0) is 10.0 Å². The molecule has 0 heterocycles. The molecule has 4 nitrogen and oxygen atoms in total. The number of alkyl halides is 1. The van der Waals surface area contributed by atoms with Gasteiger partial charge in [-0.05, 0) is 19.3 Å². The quantitative estimate of drug-likeness (QED) is 0.0747. The lowest BCUT2D eigenvalue weighted by Gasteiger charge is -2.23. The van der Waals surface area contributed by atoms with Gasteiger partial charge < -0.3 is 4.48 Å². The van der Waals surface area contributed by atoms with E-state index in [9.17, 15) is 12.8 Å². The largest absolute Gasteiger partial charge is 0.331 e. The third-order valence-electron chi connectivity index (χ3n) is 7.38. The monoisotopic (exact) mass is 549 g/mol. The lowest BCUT2D eigenvalue weighted by Crippen LogP contribution is -2.37. The summed E-state index contributed by atoms with van der Waals surface area (Å²) < 4.78 is 41.8. The van der Waals surface area contributed by atoms with E-state index in [1.54, 1.807) is 0 Å². The lowest BCUT2D eigenvalue weighted by molar-refractivity contribution is -0.870. The zero-order chi connectivity index (χ0) is 27.7. The van der Waals surface area contributed by atoms with Crippen LogP contribution in [0.15, 0.2) is 0 Å². The van der Waals surface area contributed by atoms with E-state index in [0.717, 1.165) is 56.0 Å². The van der Waals surface area contributed by atoms with Gasteiger partial charge in [0.2, 0.25) is 10.0 Å². The Morgan fingerprint density at radius 3 is 1.38 bits per heavy atom. The molecule has 0 radical (unpaired) electrons. The molecule has 0 saturated carbocycles. The van der Waals surface area contributed by atoms with E-state index in [1.807, 2.05) is 0 Å². The maximum absolute atomic E-state index is 14.1.